The fourth-order valence-electron chi connectivity index (χ4n) is 4.96. The van der Waals surface area contributed by atoms with Gasteiger partial charge in [0.15, 0.2) is 5.78 Å². The first-order valence-corrected chi connectivity index (χ1v) is 9.63. The summed E-state index contributed by atoms with van der Waals surface area (Å²) in [6.07, 6.45) is 1.22. The van der Waals surface area contributed by atoms with E-state index in [1.54, 1.807) is 12.1 Å². The van der Waals surface area contributed by atoms with Crippen molar-refractivity contribution < 1.29 is 14.7 Å². The molecule has 4 heteroatoms. The van der Waals surface area contributed by atoms with Gasteiger partial charge in [0.2, 0.25) is 0 Å². The molecule has 2 aromatic carbocycles. The molecule has 2 atom stereocenters. The van der Waals surface area contributed by atoms with Gasteiger partial charge in [0.05, 0.1) is 11.6 Å². The number of carbonyl (C=O) groups is 2. The summed E-state index contributed by atoms with van der Waals surface area (Å²) < 4.78 is 0. The second kappa shape index (κ2) is 5.74. The normalized spacial score (nSPS) is 25.1. The Kier molecular flexibility index (Phi) is 3.51. The van der Waals surface area contributed by atoms with Crippen molar-refractivity contribution in [2.75, 3.05) is 0 Å². The zero-order valence-corrected chi connectivity index (χ0v) is 15.9. The lowest BCUT2D eigenvalue weighted by Crippen LogP contribution is -2.43. The van der Waals surface area contributed by atoms with Crippen LogP contribution in [-0.2, 0) is 4.79 Å². The van der Waals surface area contributed by atoms with Crippen LogP contribution in [0.15, 0.2) is 59.1 Å². The number of Topliss-reactive ketones (excluding diaryl/α,β-unsaturated/α-hetero) is 2. The Morgan fingerprint density at radius 1 is 0.929 bits per heavy atom. The third kappa shape index (κ3) is 2.40. The van der Waals surface area contributed by atoms with Gasteiger partial charge in [-0.25, -0.2) is 0 Å². The van der Waals surface area contributed by atoms with Crippen LogP contribution in [0.4, 0.5) is 0 Å². The number of hydrogen-bond donors (Lipinski definition) is 1. The highest BCUT2D eigenvalue weighted by Crippen LogP contribution is 2.52. The van der Waals surface area contributed by atoms with Gasteiger partial charge in [-0.3, -0.25) is 14.6 Å². The first kappa shape index (κ1) is 17.1. The van der Waals surface area contributed by atoms with Crippen LogP contribution in [0.25, 0.3) is 5.70 Å². The Hall–Kier alpha value is -3.01. The summed E-state index contributed by atoms with van der Waals surface area (Å²) in [5.41, 5.74) is 4.47. The molecule has 4 nitrogen and oxygen atoms in total. The van der Waals surface area contributed by atoms with E-state index in [1.807, 2.05) is 36.4 Å². The molecule has 2 unspecified atom stereocenters. The first-order valence-electron chi connectivity index (χ1n) is 9.63. The van der Waals surface area contributed by atoms with E-state index in [9.17, 15) is 14.7 Å². The van der Waals surface area contributed by atoms with E-state index in [0.717, 1.165) is 29.0 Å². The molecule has 5 rings (SSSR count). The lowest BCUT2D eigenvalue weighted by molar-refractivity contribution is -0.124. The van der Waals surface area contributed by atoms with Gasteiger partial charge in [0, 0.05) is 34.8 Å². The molecular weight excluding hydrogens is 350 g/mol. The third-order valence-electron chi connectivity index (χ3n) is 6.10. The van der Waals surface area contributed by atoms with E-state index in [1.165, 1.54) is 0 Å². The van der Waals surface area contributed by atoms with Crippen LogP contribution in [0.5, 0.6) is 5.75 Å². The number of fused-ring (bicyclic) bond motifs is 3. The van der Waals surface area contributed by atoms with E-state index in [0.29, 0.717) is 17.6 Å². The number of hydrogen-bond acceptors (Lipinski definition) is 4. The molecule has 1 N–H and O–H groups in total. The Balaban J connectivity index is 1.75. The number of nitrogens with zero attached hydrogens (tertiary/aromatic N) is 1. The largest absolute Gasteiger partial charge is 0.508 e. The Morgan fingerprint density at radius 3 is 2.32 bits per heavy atom. The SMILES string of the molecule is CC1(C)CC(=O)C2C(=NC3=C(C(=O)c4ccccc43)C2c2ccc(O)cc2)C1. The van der Waals surface area contributed by atoms with Gasteiger partial charge >= 0.3 is 0 Å². The predicted molar refractivity (Wildman–Crippen MR) is 107 cm³/mol. The molecule has 0 aromatic heterocycles. The van der Waals surface area contributed by atoms with Gasteiger partial charge < -0.3 is 5.11 Å². The number of benzene rings is 2. The fourth-order valence-corrected chi connectivity index (χ4v) is 4.96. The number of ketones is 2. The van der Waals surface area contributed by atoms with Crippen molar-refractivity contribution in [3.63, 3.8) is 0 Å². The summed E-state index contributed by atoms with van der Waals surface area (Å²) in [4.78, 5) is 31.4. The summed E-state index contributed by atoms with van der Waals surface area (Å²) in [6, 6.07) is 14.4. The van der Waals surface area contributed by atoms with Crippen LogP contribution < -0.4 is 0 Å². The molecule has 1 fully saturated rings. The standard InChI is InChI=1S/C24H21NO3/c1-24(2)11-17-20(18(27)12-24)19(13-7-9-14(26)10-8-13)21-22(25-17)15-5-3-4-6-16(15)23(21)28/h3-10,19-20,26H,11-12H2,1-2H3. The van der Waals surface area contributed by atoms with E-state index in [-0.39, 0.29) is 28.6 Å². The predicted octanol–water partition coefficient (Wildman–Crippen LogP) is 4.54. The topological polar surface area (TPSA) is 66.7 Å². The van der Waals surface area contributed by atoms with Crippen molar-refractivity contribution in [3.8, 4) is 5.75 Å². The van der Waals surface area contributed by atoms with Gasteiger partial charge in [0.25, 0.3) is 0 Å². The summed E-state index contributed by atoms with van der Waals surface area (Å²) in [6.45, 7) is 4.19. The molecule has 140 valence electrons. The van der Waals surface area contributed by atoms with Crippen molar-refractivity contribution in [1.29, 1.82) is 0 Å². The smallest absolute Gasteiger partial charge is 0.192 e. The monoisotopic (exact) mass is 371 g/mol. The van der Waals surface area contributed by atoms with Crippen molar-refractivity contribution >= 4 is 23.0 Å². The van der Waals surface area contributed by atoms with E-state index < -0.39 is 5.92 Å². The summed E-state index contributed by atoms with van der Waals surface area (Å²) >= 11 is 0. The lowest BCUT2D eigenvalue weighted by atomic mass is 9.63. The zero-order valence-electron chi connectivity index (χ0n) is 15.9. The second-order valence-electron chi connectivity index (χ2n) is 8.77. The van der Waals surface area contributed by atoms with E-state index in [4.69, 9.17) is 4.99 Å². The number of aliphatic imine (C=N–C) groups is 1. The molecule has 1 heterocycles. The van der Waals surface area contributed by atoms with Gasteiger partial charge in [-0.15, -0.1) is 0 Å². The zero-order chi connectivity index (χ0) is 19.6. The minimum atomic E-state index is -0.408. The van der Waals surface area contributed by atoms with Crippen molar-refractivity contribution in [1.82, 2.24) is 0 Å². The van der Waals surface area contributed by atoms with Gasteiger partial charge in [0.1, 0.15) is 11.5 Å². The molecule has 28 heavy (non-hydrogen) atoms. The Bertz CT molecular complexity index is 1090. The van der Waals surface area contributed by atoms with Crippen molar-refractivity contribution in [2.45, 2.75) is 32.6 Å². The van der Waals surface area contributed by atoms with Crippen LogP contribution in [0, 0.1) is 11.3 Å². The average Bonchev–Trinajstić information content (AvgIpc) is 2.93. The number of rotatable bonds is 1. The quantitative estimate of drug-likeness (QED) is 0.800. The molecule has 0 bridgehead atoms. The van der Waals surface area contributed by atoms with Crippen molar-refractivity contribution in [2.24, 2.45) is 16.3 Å². The molecule has 0 amide bonds. The number of allylic oxidation sites excluding steroid dienone is 1. The maximum Gasteiger partial charge on any atom is 0.192 e. The van der Waals surface area contributed by atoms with Crippen LogP contribution in [-0.4, -0.2) is 22.4 Å². The van der Waals surface area contributed by atoms with Crippen molar-refractivity contribution in [3.05, 3.63) is 70.8 Å². The summed E-state index contributed by atoms with van der Waals surface area (Å²) in [5, 5.41) is 9.72. The minimum Gasteiger partial charge on any atom is -0.508 e. The van der Waals surface area contributed by atoms with E-state index in [2.05, 4.69) is 13.8 Å². The molecule has 2 aliphatic carbocycles. The van der Waals surface area contributed by atoms with Gasteiger partial charge in [-0.05, 0) is 29.5 Å². The molecule has 0 spiro atoms. The number of carbonyl (C=O) groups excluding carboxylic acids is 2. The van der Waals surface area contributed by atoms with E-state index >= 15 is 0 Å². The second-order valence-corrected chi connectivity index (χ2v) is 8.77. The maximum atomic E-state index is 13.3. The highest BCUT2D eigenvalue weighted by molar-refractivity contribution is 6.25. The Labute approximate surface area is 163 Å². The molecule has 0 saturated heterocycles. The molecule has 0 radical (unpaired) electrons. The Morgan fingerprint density at radius 2 is 1.61 bits per heavy atom. The molecule has 3 aliphatic rings. The van der Waals surface area contributed by atoms with Gasteiger partial charge in [-0.1, -0.05) is 50.2 Å². The fraction of sp³-hybridized carbons (Fsp3) is 0.292. The van der Waals surface area contributed by atoms with Crippen LogP contribution in [0.1, 0.15) is 54.1 Å². The highest BCUT2D eigenvalue weighted by Gasteiger charge is 2.49. The van der Waals surface area contributed by atoms with Crippen LogP contribution in [0.2, 0.25) is 0 Å². The minimum absolute atomic E-state index is 0.0379. The lowest BCUT2D eigenvalue weighted by Gasteiger charge is -2.40. The molecule has 2 aromatic rings. The maximum absolute atomic E-state index is 13.3. The molecular formula is C24H21NO3. The highest BCUT2D eigenvalue weighted by atomic mass is 16.3. The number of aromatic hydroxyl groups is 1. The molecule has 1 saturated carbocycles. The average molecular weight is 371 g/mol. The van der Waals surface area contributed by atoms with Crippen LogP contribution >= 0.6 is 0 Å². The summed E-state index contributed by atoms with van der Waals surface area (Å²) in [7, 11) is 0. The number of phenols is 1. The molecule has 1 aliphatic heterocycles. The van der Waals surface area contributed by atoms with Crippen LogP contribution in [0.3, 0.4) is 0 Å². The van der Waals surface area contributed by atoms with Gasteiger partial charge in [-0.2, -0.15) is 0 Å². The number of phenolic OH excluding ortho intramolecular Hbond substituents is 1. The summed E-state index contributed by atoms with van der Waals surface area (Å²) in [5.74, 6) is -0.492. The third-order valence-corrected chi connectivity index (χ3v) is 6.10. The first-order chi connectivity index (χ1) is 13.4.